The van der Waals surface area contributed by atoms with E-state index in [0.29, 0.717) is 31.5 Å². The monoisotopic (exact) mass is 273 g/mol. The van der Waals surface area contributed by atoms with Gasteiger partial charge < -0.3 is 4.90 Å². The molecule has 1 fully saturated rings. The van der Waals surface area contributed by atoms with Crippen LogP contribution in [-0.4, -0.2) is 28.8 Å². The van der Waals surface area contributed by atoms with Gasteiger partial charge in [0, 0.05) is 36.7 Å². The van der Waals surface area contributed by atoms with E-state index in [2.05, 4.69) is 6.07 Å². The van der Waals surface area contributed by atoms with Gasteiger partial charge >= 0.3 is 0 Å². The third kappa shape index (κ3) is 2.77. The van der Waals surface area contributed by atoms with Crippen LogP contribution in [-0.2, 0) is 0 Å². The number of carbonyl (C=O) groups excluding carboxylic acids is 1. The van der Waals surface area contributed by atoms with Crippen molar-refractivity contribution in [2.75, 3.05) is 13.1 Å². The number of carbonyl (C=O) groups is 1. The van der Waals surface area contributed by atoms with Gasteiger partial charge in [-0.2, -0.15) is 5.26 Å². The minimum absolute atomic E-state index is 0.00487. The van der Waals surface area contributed by atoms with E-state index in [9.17, 15) is 14.9 Å². The van der Waals surface area contributed by atoms with Crippen molar-refractivity contribution in [2.24, 2.45) is 5.92 Å². The van der Waals surface area contributed by atoms with Crippen LogP contribution in [0, 0.1) is 34.3 Å². The molecule has 0 atom stereocenters. The van der Waals surface area contributed by atoms with Crippen molar-refractivity contribution in [3.63, 3.8) is 0 Å². The standard InChI is InChI=1S/C14H15N3O3/c1-10-2-3-12(17(19)20)8-13(10)14(18)16-6-4-11(9-15)5-7-16/h2-3,8,11H,4-7H2,1H3. The maximum atomic E-state index is 12.4. The number of hydrogen-bond donors (Lipinski definition) is 0. The summed E-state index contributed by atoms with van der Waals surface area (Å²) < 4.78 is 0. The number of amides is 1. The lowest BCUT2D eigenvalue weighted by Gasteiger charge is -2.29. The summed E-state index contributed by atoms with van der Waals surface area (Å²) in [4.78, 5) is 24.4. The summed E-state index contributed by atoms with van der Waals surface area (Å²) in [5, 5.41) is 19.6. The summed E-state index contributed by atoms with van der Waals surface area (Å²) in [5.41, 5.74) is 1.02. The molecule has 6 heteroatoms. The molecule has 1 aliphatic heterocycles. The number of nitrogens with zero attached hydrogens (tertiary/aromatic N) is 3. The fourth-order valence-corrected chi connectivity index (χ4v) is 2.34. The average Bonchev–Trinajstić information content (AvgIpc) is 2.47. The fraction of sp³-hybridized carbons (Fsp3) is 0.429. The van der Waals surface area contributed by atoms with E-state index in [4.69, 9.17) is 5.26 Å². The van der Waals surface area contributed by atoms with Crippen LogP contribution in [0.1, 0.15) is 28.8 Å². The molecular weight excluding hydrogens is 258 g/mol. The molecule has 0 aliphatic carbocycles. The minimum Gasteiger partial charge on any atom is -0.339 e. The van der Waals surface area contributed by atoms with Crippen LogP contribution in [0.4, 0.5) is 5.69 Å². The third-order valence-corrected chi connectivity index (χ3v) is 3.63. The van der Waals surface area contributed by atoms with Gasteiger partial charge in [-0.25, -0.2) is 0 Å². The van der Waals surface area contributed by atoms with Crippen molar-refractivity contribution >= 4 is 11.6 Å². The number of benzene rings is 1. The largest absolute Gasteiger partial charge is 0.339 e. The molecular formula is C14H15N3O3. The molecule has 1 aliphatic rings. The van der Waals surface area contributed by atoms with Crippen molar-refractivity contribution in [3.8, 4) is 6.07 Å². The molecule has 2 rings (SSSR count). The molecule has 20 heavy (non-hydrogen) atoms. The van der Waals surface area contributed by atoms with Gasteiger partial charge in [0.1, 0.15) is 0 Å². The molecule has 0 aromatic heterocycles. The Balaban J connectivity index is 2.19. The summed E-state index contributed by atoms with van der Waals surface area (Å²) >= 11 is 0. The second-order valence-electron chi connectivity index (χ2n) is 4.95. The first-order valence-corrected chi connectivity index (χ1v) is 6.47. The summed E-state index contributed by atoms with van der Waals surface area (Å²) in [6.07, 6.45) is 1.33. The molecule has 0 N–H and O–H groups in total. The smallest absolute Gasteiger partial charge is 0.270 e. The van der Waals surface area contributed by atoms with Crippen molar-refractivity contribution in [2.45, 2.75) is 19.8 Å². The summed E-state index contributed by atoms with van der Waals surface area (Å²) in [6, 6.07) is 6.53. The normalized spacial score (nSPS) is 15.7. The number of nitriles is 1. The summed E-state index contributed by atoms with van der Waals surface area (Å²) in [7, 11) is 0. The highest BCUT2D eigenvalue weighted by Gasteiger charge is 2.25. The highest BCUT2D eigenvalue weighted by atomic mass is 16.6. The van der Waals surface area contributed by atoms with E-state index in [1.807, 2.05) is 0 Å². The number of rotatable bonds is 2. The molecule has 1 amide bonds. The van der Waals surface area contributed by atoms with Crippen LogP contribution in [0.2, 0.25) is 0 Å². The zero-order valence-electron chi connectivity index (χ0n) is 11.2. The van der Waals surface area contributed by atoms with Crippen LogP contribution in [0.5, 0.6) is 0 Å². The molecule has 1 aromatic carbocycles. The van der Waals surface area contributed by atoms with Crippen LogP contribution in [0.15, 0.2) is 18.2 Å². The maximum Gasteiger partial charge on any atom is 0.270 e. The first-order chi connectivity index (χ1) is 9.52. The Morgan fingerprint density at radius 1 is 1.45 bits per heavy atom. The average molecular weight is 273 g/mol. The Hall–Kier alpha value is -2.42. The van der Waals surface area contributed by atoms with Gasteiger partial charge in [-0.05, 0) is 25.3 Å². The molecule has 0 unspecified atom stereocenters. The van der Waals surface area contributed by atoms with E-state index in [1.54, 1.807) is 17.9 Å². The van der Waals surface area contributed by atoms with Crippen molar-refractivity contribution < 1.29 is 9.72 Å². The number of nitro groups is 1. The molecule has 1 aromatic rings. The van der Waals surface area contributed by atoms with Crippen molar-refractivity contribution in [3.05, 3.63) is 39.4 Å². The molecule has 0 saturated carbocycles. The second kappa shape index (κ2) is 5.70. The first-order valence-electron chi connectivity index (χ1n) is 6.47. The second-order valence-corrected chi connectivity index (χ2v) is 4.95. The lowest BCUT2D eigenvalue weighted by Crippen LogP contribution is -2.38. The van der Waals surface area contributed by atoms with Gasteiger partial charge in [0.15, 0.2) is 0 Å². The molecule has 1 saturated heterocycles. The first kappa shape index (κ1) is 14.0. The van der Waals surface area contributed by atoms with E-state index in [0.717, 1.165) is 5.56 Å². The van der Waals surface area contributed by atoms with Gasteiger partial charge in [0.05, 0.1) is 11.0 Å². The van der Waals surface area contributed by atoms with Gasteiger partial charge in [-0.15, -0.1) is 0 Å². The molecule has 0 radical (unpaired) electrons. The van der Waals surface area contributed by atoms with Gasteiger partial charge in [-0.3, -0.25) is 14.9 Å². The summed E-state index contributed by atoms with van der Waals surface area (Å²) in [5.74, 6) is -0.187. The van der Waals surface area contributed by atoms with Crippen LogP contribution in [0.3, 0.4) is 0 Å². The highest BCUT2D eigenvalue weighted by molar-refractivity contribution is 5.96. The lowest BCUT2D eigenvalue weighted by atomic mass is 9.97. The fourth-order valence-electron chi connectivity index (χ4n) is 2.34. The summed E-state index contributed by atoms with van der Waals surface area (Å²) in [6.45, 7) is 2.82. The predicted octanol–water partition coefficient (Wildman–Crippen LogP) is 2.28. The maximum absolute atomic E-state index is 12.4. The third-order valence-electron chi connectivity index (χ3n) is 3.63. The molecule has 1 heterocycles. The quantitative estimate of drug-likeness (QED) is 0.611. The highest BCUT2D eigenvalue weighted by Crippen LogP contribution is 2.22. The zero-order chi connectivity index (χ0) is 14.7. The minimum atomic E-state index is -0.502. The zero-order valence-corrected chi connectivity index (χ0v) is 11.2. The van der Waals surface area contributed by atoms with E-state index >= 15 is 0 Å². The van der Waals surface area contributed by atoms with Crippen molar-refractivity contribution in [1.82, 2.24) is 4.90 Å². The number of aryl methyl sites for hydroxylation is 1. The number of piperidine rings is 1. The Kier molecular flexibility index (Phi) is 3.99. The van der Waals surface area contributed by atoms with E-state index in [-0.39, 0.29) is 17.5 Å². The number of likely N-dealkylation sites (tertiary alicyclic amines) is 1. The topological polar surface area (TPSA) is 87.2 Å². The van der Waals surface area contributed by atoms with E-state index < -0.39 is 4.92 Å². The number of nitro benzene ring substituents is 1. The van der Waals surface area contributed by atoms with Crippen molar-refractivity contribution in [1.29, 1.82) is 5.26 Å². The van der Waals surface area contributed by atoms with E-state index in [1.165, 1.54) is 12.1 Å². The molecule has 104 valence electrons. The predicted molar refractivity (Wildman–Crippen MR) is 72.1 cm³/mol. The Morgan fingerprint density at radius 2 is 2.10 bits per heavy atom. The van der Waals surface area contributed by atoms with Crippen LogP contribution >= 0.6 is 0 Å². The molecule has 0 spiro atoms. The molecule has 6 nitrogen and oxygen atoms in total. The van der Waals surface area contributed by atoms with Crippen LogP contribution in [0.25, 0.3) is 0 Å². The lowest BCUT2D eigenvalue weighted by molar-refractivity contribution is -0.384. The SMILES string of the molecule is Cc1ccc([N+](=O)[O-])cc1C(=O)N1CCC(C#N)CC1. The number of hydrogen-bond acceptors (Lipinski definition) is 4. The Morgan fingerprint density at radius 3 is 2.65 bits per heavy atom. The van der Waals surface area contributed by atoms with Gasteiger partial charge in [0.2, 0.25) is 0 Å². The molecule has 0 bridgehead atoms. The van der Waals surface area contributed by atoms with Gasteiger partial charge in [0.25, 0.3) is 11.6 Å². The Labute approximate surface area is 116 Å². The Bertz CT molecular complexity index is 584. The number of non-ortho nitro benzene ring substituents is 1. The van der Waals surface area contributed by atoms with Gasteiger partial charge in [-0.1, -0.05) is 6.07 Å². The van der Waals surface area contributed by atoms with Crippen LogP contribution < -0.4 is 0 Å².